The number of aromatic amines is 1. The Balaban J connectivity index is 1.57. The van der Waals surface area contributed by atoms with Crippen LogP contribution in [0.1, 0.15) is 12.1 Å². The van der Waals surface area contributed by atoms with E-state index in [0.717, 1.165) is 21.6 Å². The Morgan fingerprint density at radius 1 is 1.37 bits per heavy atom. The van der Waals surface area contributed by atoms with Crippen LogP contribution in [0.2, 0.25) is 0 Å². The Labute approximate surface area is 162 Å². The van der Waals surface area contributed by atoms with Crippen LogP contribution in [0.5, 0.6) is 0 Å². The van der Waals surface area contributed by atoms with Crippen LogP contribution in [0.3, 0.4) is 0 Å². The van der Waals surface area contributed by atoms with Crippen LogP contribution in [-0.4, -0.2) is 42.4 Å². The molecule has 1 aliphatic rings. The van der Waals surface area contributed by atoms with E-state index in [1.807, 2.05) is 24.3 Å². The van der Waals surface area contributed by atoms with Crippen molar-refractivity contribution >= 4 is 50.7 Å². The van der Waals surface area contributed by atoms with Gasteiger partial charge in [-0.25, -0.2) is 4.98 Å². The van der Waals surface area contributed by atoms with Gasteiger partial charge in [-0.1, -0.05) is 30.0 Å². The van der Waals surface area contributed by atoms with E-state index < -0.39 is 17.3 Å². The number of hydrogen-bond acceptors (Lipinski definition) is 6. The first-order valence-corrected chi connectivity index (χ1v) is 10.3. The molecule has 3 aromatic rings. The Hall–Kier alpha value is -2.49. The van der Waals surface area contributed by atoms with Gasteiger partial charge in [-0.15, -0.1) is 0 Å². The molecule has 7 nitrogen and oxygen atoms in total. The Morgan fingerprint density at radius 3 is 3.04 bits per heavy atom. The highest BCUT2D eigenvalue weighted by molar-refractivity contribution is 8.15. The first-order valence-electron chi connectivity index (χ1n) is 8.24. The van der Waals surface area contributed by atoms with Crippen LogP contribution < -0.4 is 4.72 Å². The van der Waals surface area contributed by atoms with Gasteiger partial charge in [0.15, 0.2) is 0 Å². The summed E-state index contributed by atoms with van der Waals surface area (Å²) in [5.74, 6) is -0.816. The topological polar surface area (TPSA) is 113 Å². The van der Waals surface area contributed by atoms with Crippen LogP contribution in [0, 0.1) is 0 Å². The van der Waals surface area contributed by atoms with Gasteiger partial charge in [-0.2, -0.15) is 4.72 Å². The first kappa shape index (κ1) is 17.9. The minimum Gasteiger partial charge on any atom is -0.587 e. The summed E-state index contributed by atoms with van der Waals surface area (Å²) in [5.41, 5.74) is 2.36. The number of carboxylic acid groups (broad SMARTS) is 1. The highest BCUT2D eigenvalue weighted by Crippen LogP contribution is 2.31. The third-order valence-electron chi connectivity index (χ3n) is 4.04. The number of aromatic nitrogens is 2. The monoisotopic (exact) mass is 400 g/mol. The van der Waals surface area contributed by atoms with Crippen molar-refractivity contribution in [3.63, 3.8) is 0 Å². The van der Waals surface area contributed by atoms with Crippen molar-refractivity contribution in [2.24, 2.45) is 4.99 Å². The van der Waals surface area contributed by atoms with E-state index in [1.54, 1.807) is 24.4 Å². The smallest absolute Gasteiger partial charge is 0.304 e. The average molecular weight is 400 g/mol. The summed E-state index contributed by atoms with van der Waals surface area (Å²) in [6.07, 6.45) is 1.69. The average Bonchev–Trinajstić information content (AvgIpc) is 3.29. The molecule has 0 aliphatic carbocycles. The molecule has 3 N–H and O–H groups in total. The number of anilines is 1. The number of benzene rings is 1. The third-order valence-corrected chi connectivity index (χ3v) is 6.28. The fourth-order valence-corrected chi connectivity index (χ4v) is 4.74. The molecule has 2 unspecified atom stereocenters. The van der Waals surface area contributed by atoms with Crippen molar-refractivity contribution in [2.75, 3.05) is 11.3 Å². The van der Waals surface area contributed by atoms with Crippen LogP contribution in [-0.2, 0) is 16.2 Å². The number of carboxylic acids is 1. The van der Waals surface area contributed by atoms with Gasteiger partial charge in [0.25, 0.3) is 5.03 Å². The van der Waals surface area contributed by atoms with Crippen molar-refractivity contribution < 1.29 is 14.5 Å². The largest absolute Gasteiger partial charge is 0.587 e. The van der Waals surface area contributed by atoms with Gasteiger partial charge in [0, 0.05) is 22.9 Å². The summed E-state index contributed by atoms with van der Waals surface area (Å²) in [6.45, 7) is 0.496. The Morgan fingerprint density at radius 2 is 2.26 bits per heavy atom. The molecule has 0 saturated heterocycles. The summed E-state index contributed by atoms with van der Waals surface area (Å²) in [6, 6.07) is 12.9. The molecule has 3 heterocycles. The molecule has 1 aliphatic heterocycles. The van der Waals surface area contributed by atoms with E-state index >= 15 is 0 Å². The van der Waals surface area contributed by atoms with Crippen LogP contribution in [0.4, 0.5) is 5.69 Å². The molecular formula is C18H16N4O3S2. The normalized spacial score (nSPS) is 17.7. The number of H-pyrrole nitrogens is 1. The maximum Gasteiger partial charge on any atom is 0.304 e. The summed E-state index contributed by atoms with van der Waals surface area (Å²) in [7, 11) is 0. The molecule has 27 heavy (non-hydrogen) atoms. The standard InChI is InChI=1S/C18H16N4O3S2/c23-16(24)9-12-10-20-18(26-12)14-8-11-4-3-5-13(17(11)21-14)22-27(25)15-6-1-2-7-19-15/h1-8,12,21-22H,9-10H2,(H,23,24). The van der Waals surface area contributed by atoms with Crippen LogP contribution in [0.25, 0.3) is 10.9 Å². The first-order chi connectivity index (χ1) is 13.1. The number of para-hydroxylation sites is 1. The van der Waals surface area contributed by atoms with Crippen LogP contribution >= 0.6 is 11.8 Å². The maximum atomic E-state index is 12.5. The number of aliphatic imine (C=N–C) groups is 1. The van der Waals surface area contributed by atoms with E-state index in [4.69, 9.17) is 5.11 Å². The lowest BCUT2D eigenvalue weighted by Crippen LogP contribution is -2.14. The Kier molecular flexibility index (Phi) is 5.06. The summed E-state index contributed by atoms with van der Waals surface area (Å²) < 4.78 is 15.5. The number of nitrogens with zero attached hydrogens (tertiary/aromatic N) is 2. The van der Waals surface area contributed by atoms with Crippen molar-refractivity contribution in [3.05, 3.63) is 54.4 Å². The zero-order chi connectivity index (χ0) is 18.8. The van der Waals surface area contributed by atoms with Gasteiger partial charge in [-0.05, 0) is 18.2 Å². The molecule has 0 bridgehead atoms. The number of hydrogen-bond donors (Lipinski definition) is 3. The molecule has 0 radical (unpaired) electrons. The zero-order valence-electron chi connectivity index (χ0n) is 14.1. The van der Waals surface area contributed by atoms with Crippen molar-refractivity contribution in [1.82, 2.24) is 9.97 Å². The van der Waals surface area contributed by atoms with Crippen LogP contribution in [0.15, 0.2) is 58.7 Å². The second-order valence-electron chi connectivity index (χ2n) is 5.98. The molecule has 4 rings (SSSR count). The highest BCUT2D eigenvalue weighted by Gasteiger charge is 2.24. The quantitative estimate of drug-likeness (QED) is 0.548. The van der Waals surface area contributed by atoms with Gasteiger partial charge in [-0.3, -0.25) is 9.79 Å². The van der Waals surface area contributed by atoms with Gasteiger partial charge in [0.2, 0.25) is 0 Å². The predicted molar refractivity (Wildman–Crippen MR) is 108 cm³/mol. The fraction of sp³-hybridized carbons (Fsp3) is 0.167. The van der Waals surface area contributed by atoms with Gasteiger partial charge >= 0.3 is 5.97 Å². The number of nitrogens with one attached hydrogen (secondary N) is 2. The van der Waals surface area contributed by atoms with Crippen molar-refractivity contribution in [3.8, 4) is 0 Å². The zero-order valence-corrected chi connectivity index (χ0v) is 15.7. The van der Waals surface area contributed by atoms with Crippen molar-refractivity contribution in [1.29, 1.82) is 0 Å². The number of aliphatic carboxylic acids is 1. The Bertz CT molecular complexity index is 1010. The second kappa shape index (κ2) is 7.63. The lowest BCUT2D eigenvalue weighted by atomic mass is 10.2. The van der Waals surface area contributed by atoms with E-state index in [2.05, 4.69) is 19.7 Å². The van der Waals surface area contributed by atoms with E-state index in [-0.39, 0.29) is 11.7 Å². The summed E-state index contributed by atoms with van der Waals surface area (Å²) in [5, 5.41) is 11.1. The molecule has 2 atom stereocenters. The molecule has 0 spiro atoms. The number of pyridine rings is 1. The van der Waals surface area contributed by atoms with E-state index in [0.29, 0.717) is 17.3 Å². The molecule has 0 saturated carbocycles. The molecule has 1 aromatic carbocycles. The fourth-order valence-electron chi connectivity index (χ4n) is 2.83. The third kappa shape index (κ3) is 3.95. The summed E-state index contributed by atoms with van der Waals surface area (Å²) >= 11 is -0.00588. The van der Waals surface area contributed by atoms with Gasteiger partial charge in [0.05, 0.1) is 24.2 Å². The van der Waals surface area contributed by atoms with Gasteiger partial charge in [0.1, 0.15) is 22.1 Å². The number of thioether (sulfide) groups is 1. The number of carbonyl (C=O) groups is 1. The second-order valence-corrected chi connectivity index (χ2v) is 8.42. The molecule has 0 amide bonds. The minimum absolute atomic E-state index is 0.0434. The lowest BCUT2D eigenvalue weighted by molar-refractivity contribution is -0.136. The number of fused-ring (bicyclic) bond motifs is 1. The highest BCUT2D eigenvalue weighted by atomic mass is 32.2. The number of rotatable bonds is 6. The maximum absolute atomic E-state index is 12.5. The molecule has 138 valence electrons. The molecule has 9 heteroatoms. The summed E-state index contributed by atoms with van der Waals surface area (Å²) in [4.78, 5) is 22.8. The minimum atomic E-state index is -1.48. The van der Waals surface area contributed by atoms with Gasteiger partial charge < -0.3 is 14.6 Å². The molecule has 0 fully saturated rings. The SMILES string of the molecule is O=C(O)CC1CN=C(c2cc3cccc(N[S+]([O-])c4ccccn4)c3[nH]2)S1. The van der Waals surface area contributed by atoms with E-state index in [9.17, 15) is 9.35 Å². The predicted octanol–water partition coefficient (Wildman–Crippen LogP) is 3.03. The molecule has 2 aromatic heterocycles. The molecular weight excluding hydrogens is 384 g/mol. The lowest BCUT2D eigenvalue weighted by Gasteiger charge is -2.11. The van der Waals surface area contributed by atoms with E-state index in [1.165, 1.54) is 11.8 Å². The van der Waals surface area contributed by atoms with Crippen molar-refractivity contribution in [2.45, 2.75) is 16.7 Å².